The largest absolute Gasteiger partial charge is 0.368 e. The summed E-state index contributed by atoms with van der Waals surface area (Å²) in [5.74, 6) is -1.14. The summed E-state index contributed by atoms with van der Waals surface area (Å²) in [6.45, 7) is 6.26. The van der Waals surface area contributed by atoms with Crippen molar-refractivity contribution in [3.63, 3.8) is 0 Å². The normalized spacial score (nSPS) is 10.8. The fourth-order valence-electron chi connectivity index (χ4n) is 1.05. The number of anilines is 1. The Balaban J connectivity index is 3.00. The molecule has 0 amide bonds. The van der Waals surface area contributed by atoms with E-state index in [1.54, 1.807) is 0 Å². The Morgan fingerprint density at radius 2 is 2.07 bits per heavy atom. The predicted octanol–water partition coefficient (Wildman–Crippen LogP) is 3.29. The molecule has 0 saturated carbocycles. The van der Waals surface area contributed by atoms with Crippen molar-refractivity contribution in [3.8, 4) is 0 Å². The summed E-state index contributed by atoms with van der Waals surface area (Å²) in [6.07, 6.45) is 0. The first-order chi connectivity index (χ1) is 7.04. The first-order valence-electron chi connectivity index (χ1n) is 4.81. The Labute approximate surface area is 92.5 Å². The molecular formula is C10H14F2N2S. The second kappa shape index (κ2) is 5.30. The molecule has 0 aromatic carbocycles. The van der Waals surface area contributed by atoms with E-state index in [0.29, 0.717) is 6.54 Å². The van der Waals surface area contributed by atoms with Gasteiger partial charge in [-0.25, -0.2) is 13.8 Å². The van der Waals surface area contributed by atoms with Gasteiger partial charge >= 0.3 is 0 Å². The molecule has 0 aliphatic carbocycles. The van der Waals surface area contributed by atoms with E-state index in [2.05, 4.69) is 10.3 Å². The highest BCUT2D eigenvalue weighted by atomic mass is 32.2. The van der Waals surface area contributed by atoms with Crippen LogP contribution in [-0.2, 0) is 0 Å². The molecule has 1 aromatic heterocycles. The Morgan fingerprint density at radius 1 is 1.40 bits per heavy atom. The number of aromatic nitrogens is 1. The smallest absolute Gasteiger partial charge is 0.168 e. The van der Waals surface area contributed by atoms with Gasteiger partial charge in [-0.15, -0.1) is 11.8 Å². The van der Waals surface area contributed by atoms with E-state index < -0.39 is 11.6 Å². The minimum Gasteiger partial charge on any atom is -0.368 e. The summed E-state index contributed by atoms with van der Waals surface area (Å²) >= 11 is 1.28. The molecule has 0 unspecified atom stereocenters. The number of halogens is 2. The molecule has 84 valence electrons. The zero-order valence-corrected chi connectivity index (χ0v) is 9.79. The summed E-state index contributed by atoms with van der Waals surface area (Å²) < 4.78 is 26.5. The molecule has 0 aliphatic heterocycles. The van der Waals surface area contributed by atoms with Gasteiger partial charge in [0.05, 0.1) is 0 Å². The fourth-order valence-corrected chi connectivity index (χ4v) is 1.81. The second-order valence-electron chi connectivity index (χ2n) is 3.30. The number of nitrogens with zero attached hydrogens (tertiary/aromatic N) is 1. The fraction of sp³-hybridized carbons (Fsp3) is 0.500. The Bertz CT molecular complexity index is 342. The van der Waals surface area contributed by atoms with Gasteiger partial charge in [-0.3, -0.25) is 0 Å². The summed E-state index contributed by atoms with van der Waals surface area (Å²) in [4.78, 5) is 3.90. The van der Waals surface area contributed by atoms with Crippen LogP contribution >= 0.6 is 11.8 Å². The number of nitrogens with one attached hydrogen (secondary N) is 1. The lowest BCUT2D eigenvalue weighted by atomic mass is 10.4. The summed E-state index contributed by atoms with van der Waals surface area (Å²) in [5.41, 5.74) is 0. The topological polar surface area (TPSA) is 24.9 Å². The predicted molar refractivity (Wildman–Crippen MR) is 59.3 cm³/mol. The molecule has 1 N–H and O–H groups in total. The molecule has 0 atom stereocenters. The van der Waals surface area contributed by atoms with Gasteiger partial charge in [-0.2, -0.15) is 0 Å². The molecule has 0 bridgehead atoms. The molecule has 0 spiro atoms. The van der Waals surface area contributed by atoms with E-state index >= 15 is 0 Å². The standard InChI is InChI=1S/C10H14F2N2S/c1-4-13-9-7(11)5-8(12)10(14-9)15-6(2)3/h5-6H,4H2,1-3H3,(H,13,14). The Kier molecular flexibility index (Phi) is 4.32. The highest BCUT2D eigenvalue weighted by molar-refractivity contribution is 7.99. The maximum absolute atomic E-state index is 13.3. The zero-order valence-electron chi connectivity index (χ0n) is 8.97. The van der Waals surface area contributed by atoms with Gasteiger partial charge in [0, 0.05) is 17.9 Å². The number of hydrogen-bond donors (Lipinski definition) is 1. The second-order valence-corrected chi connectivity index (χ2v) is 4.87. The molecule has 0 aliphatic rings. The van der Waals surface area contributed by atoms with Gasteiger partial charge in [0.25, 0.3) is 0 Å². The summed E-state index contributed by atoms with van der Waals surface area (Å²) in [6, 6.07) is 0.871. The van der Waals surface area contributed by atoms with Crippen molar-refractivity contribution in [2.24, 2.45) is 0 Å². The van der Waals surface area contributed by atoms with Crippen molar-refractivity contribution in [2.45, 2.75) is 31.0 Å². The monoisotopic (exact) mass is 232 g/mol. The number of rotatable bonds is 4. The minimum atomic E-state index is -0.651. The SMILES string of the molecule is CCNc1nc(SC(C)C)c(F)cc1F. The number of thioether (sulfide) groups is 1. The lowest BCUT2D eigenvalue weighted by molar-refractivity contribution is 0.551. The molecule has 2 nitrogen and oxygen atoms in total. The Hall–Kier alpha value is -0.840. The average Bonchev–Trinajstić information content (AvgIpc) is 2.12. The maximum Gasteiger partial charge on any atom is 0.168 e. The Morgan fingerprint density at radius 3 is 2.60 bits per heavy atom. The van der Waals surface area contributed by atoms with Crippen molar-refractivity contribution >= 4 is 17.6 Å². The highest BCUT2D eigenvalue weighted by Crippen LogP contribution is 2.26. The third kappa shape index (κ3) is 3.34. The van der Waals surface area contributed by atoms with E-state index in [4.69, 9.17) is 0 Å². The first-order valence-corrected chi connectivity index (χ1v) is 5.69. The molecular weight excluding hydrogens is 218 g/mol. The minimum absolute atomic E-state index is 0.113. The molecule has 5 heteroatoms. The number of pyridine rings is 1. The van der Waals surface area contributed by atoms with Crippen LogP contribution < -0.4 is 5.32 Å². The van der Waals surface area contributed by atoms with Gasteiger partial charge in [0.15, 0.2) is 17.5 Å². The van der Waals surface area contributed by atoms with E-state index in [0.717, 1.165) is 6.07 Å². The van der Waals surface area contributed by atoms with Gasteiger partial charge in [-0.1, -0.05) is 13.8 Å². The lowest BCUT2D eigenvalue weighted by Gasteiger charge is -2.09. The number of hydrogen-bond acceptors (Lipinski definition) is 3. The highest BCUT2D eigenvalue weighted by Gasteiger charge is 2.12. The average molecular weight is 232 g/mol. The molecule has 1 heterocycles. The summed E-state index contributed by atoms with van der Waals surface area (Å²) in [5, 5.41) is 3.20. The van der Waals surface area contributed by atoms with Crippen molar-refractivity contribution < 1.29 is 8.78 Å². The molecule has 0 saturated heterocycles. The van der Waals surface area contributed by atoms with Crippen LogP contribution in [0, 0.1) is 11.6 Å². The van der Waals surface area contributed by atoms with Crippen LogP contribution in [0.4, 0.5) is 14.6 Å². The van der Waals surface area contributed by atoms with Crippen LogP contribution in [-0.4, -0.2) is 16.8 Å². The van der Waals surface area contributed by atoms with Crippen LogP contribution in [0.3, 0.4) is 0 Å². The summed E-state index contributed by atoms with van der Waals surface area (Å²) in [7, 11) is 0. The first kappa shape index (κ1) is 12.2. The van der Waals surface area contributed by atoms with Crippen molar-refractivity contribution in [3.05, 3.63) is 17.7 Å². The molecule has 15 heavy (non-hydrogen) atoms. The third-order valence-electron chi connectivity index (χ3n) is 1.59. The van der Waals surface area contributed by atoms with Crippen LogP contribution in [0.1, 0.15) is 20.8 Å². The van der Waals surface area contributed by atoms with Crippen LogP contribution in [0.25, 0.3) is 0 Å². The van der Waals surface area contributed by atoms with E-state index in [1.807, 2.05) is 20.8 Å². The zero-order chi connectivity index (χ0) is 11.4. The van der Waals surface area contributed by atoms with Gasteiger partial charge in [-0.05, 0) is 6.92 Å². The van der Waals surface area contributed by atoms with Crippen molar-refractivity contribution in [2.75, 3.05) is 11.9 Å². The van der Waals surface area contributed by atoms with Crippen molar-refractivity contribution in [1.82, 2.24) is 4.98 Å². The molecule has 0 fully saturated rings. The van der Waals surface area contributed by atoms with Crippen LogP contribution in [0.15, 0.2) is 11.1 Å². The van der Waals surface area contributed by atoms with Gasteiger partial charge in [0.2, 0.25) is 0 Å². The quantitative estimate of drug-likeness (QED) is 0.806. The van der Waals surface area contributed by atoms with Crippen LogP contribution in [0.2, 0.25) is 0 Å². The van der Waals surface area contributed by atoms with E-state index in [9.17, 15) is 8.78 Å². The van der Waals surface area contributed by atoms with E-state index in [-0.39, 0.29) is 16.1 Å². The molecule has 1 aromatic rings. The lowest BCUT2D eigenvalue weighted by Crippen LogP contribution is -2.05. The third-order valence-corrected chi connectivity index (χ3v) is 2.57. The van der Waals surface area contributed by atoms with Gasteiger partial charge in [0.1, 0.15) is 5.03 Å². The molecule has 0 radical (unpaired) electrons. The van der Waals surface area contributed by atoms with Gasteiger partial charge < -0.3 is 5.32 Å². The van der Waals surface area contributed by atoms with Crippen molar-refractivity contribution in [1.29, 1.82) is 0 Å². The van der Waals surface area contributed by atoms with E-state index in [1.165, 1.54) is 11.8 Å². The van der Waals surface area contributed by atoms with Crippen LogP contribution in [0.5, 0.6) is 0 Å². The maximum atomic E-state index is 13.3. The molecule has 1 rings (SSSR count).